The summed E-state index contributed by atoms with van der Waals surface area (Å²) in [5.74, 6) is -3.28. The minimum absolute atomic E-state index is 0.0147. The molecule has 66 valence electrons. The molecule has 0 aliphatic carbocycles. The highest BCUT2D eigenvalue weighted by molar-refractivity contribution is 8.11. The van der Waals surface area contributed by atoms with Crippen LogP contribution in [0.3, 0.4) is 0 Å². The third-order valence-electron chi connectivity index (χ3n) is 1.06. The molecule has 0 saturated carbocycles. The second-order valence-corrected chi connectivity index (χ2v) is 6.92. The Morgan fingerprint density at radius 1 is 1.55 bits per heavy atom. The molecule has 0 fully saturated rings. The van der Waals surface area contributed by atoms with Crippen molar-refractivity contribution in [3.05, 3.63) is 10.5 Å². The maximum Gasteiger partial charge on any atom is 0.282 e. The van der Waals surface area contributed by atoms with E-state index in [0.717, 1.165) is 0 Å². The van der Waals surface area contributed by atoms with Crippen molar-refractivity contribution in [2.45, 2.75) is 13.3 Å². The van der Waals surface area contributed by atoms with Crippen LogP contribution >= 0.6 is 39.9 Å². The molecule has 0 amide bonds. The first-order chi connectivity index (χ1) is 4.93. The normalized spacial score (nSPS) is 14.3. The lowest BCUT2D eigenvalue weighted by Crippen LogP contribution is -1.83. The van der Waals surface area contributed by atoms with Crippen molar-refractivity contribution in [2.75, 3.05) is 7.11 Å². The molecule has 2 nitrogen and oxygen atoms in total. The average molecular weight is 237 g/mol. The summed E-state index contributed by atoms with van der Waals surface area (Å²) in [6, 6.07) is 0. The van der Waals surface area contributed by atoms with Gasteiger partial charge < -0.3 is 4.74 Å². The van der Waals surface area contributed by atoms with E-state index in [0.29, 0.717) is 6.42 Å². The lowest BCUT2D eigenvalue weighted by molar-refractivity contribution is 0.318. The summed E-state index contributed by atoms with van der Waals surface area (Å²) in [4.78, 5) is 0. The number of methoxy groups -OCH3 is 1. The van der Waals surface area contributed by atoms with Crippen LogP contribution in [0, 0.1) is 0 Å². The van der Waals surface area contributed by atoms with Gasteiger partial charge in [0.25, 0.3) is 5.85 Å². The molecule has 0 N–H and O–H groups in total. The van der Waals surface area contributed by atoms with Gasteiger partial charge in [0.15, 0.2) is 5.22 Å². The number of halogens is 3. The smallest absolute Gasteiger partial charge is 0.282 e. The third-order valence-corrected chi connectivity index (χ3v) is 3.94. The van der Waals surface area contributed by atoms with E-state index >= 15 is 0 Å². The van der Waals surface area contributed by atoms with Gasteiger partial charge in [-0.3, -0.25) is 4.57 Å². The van der Waals surface area contributed by atoms with Gasteiger partial charge in [-0.25, -0.2) is 0 Å². The monoisotopic (exact) mass is 236 g/mol. The van der Waals surface area contributed by atoms with E-state index in [1.54, 1.807) is 6.92 Å². The van der Waals surface area contributed by atoms with E-state index in [1.807, 2.05) is 0 Å². The molecule has 0 atom stereocenters. The second-order valence-electron chi connectivity index (χ2n) is 1.74. The first-order valence-electron chi connectivity index (χ1n) is 2.86. The van der Waals surface area contributed by atoms with Crippen LogP contribution < -0.4 is 0 Å². The molecule has 0 radical (unpaired) electrons. The summed E-state index contributed by atoms with van der Waals surface area (Å²) in [5.41, 5.74) is 0. The minimum atomic E-state index is -3.28. The Morgan fingerprint density at radius 3 is 2.09 bits per heavy atom. The Balaban J connectivity index is 4.82. The van der Waals surface area contributed by atoms with Gasteiger partial charge in [0, 0.05) is 0 Å². The molecule has 0 aliphatic rings. The number of rotatable bonds is 3. The van der Waals surface area contributed by atoms with Gasteiger partial charge in [-0.05, 0) is 40.5 Å². The Kier molecular flexibility index (Phi) is 4.88. The van der Waals surface area contributed by atoms with Crippen LogP contribution in [0.1, 0.15) is 13.3 Å². The number of ether oxygens (including phenoxy) is 1. The van der Waals surface area contributed by atoms with Crippen molar-refractivity contribution in [3.63, 3.8) is 0 Å². The molecule has 0 aromatic heterocycles. The van der Waals surface area contributed by atoms with Crippen LogP contribution in [-0.4, -0.2) is 7.11 Å². The van der Waals surface area contributed by atoms with Crippen molar-refractivity contribution in [1.29, 1.82) is 0 Å². The molecule has 0 bridgehead atoms. The summed E-state index contributed by atoms with van der Waals surface area (Å²) < 4.78 is 15.7. The zero-order valence-electron chi connectivity index (χ0n) is 6.10. The topological polar surface area (TPSA) is 26.3 Å². The zero-order valence-corrected chi connectivity index (χ0v) is 9.27. The van der Waals surface area contributed by atoms with Crippen LogP contribution in [0.15, 0.2) is 10.5 Å². The molecule has 6 heteroatoms. The van der Waals surface area contributed by atoms with Gasteiger partial charge in [0.05, 0.1) is 12.4 Å². The summed E-state index contributed by atoms with van der Waals surface area (Å²) in [5, 5.41) is 0.269. The first-order valence-corrected chi connectivity index (χ1v) is 6.75. The van der Waals surface area contributed by atoms with Crippen LogP contribution in [0.4, 0.5) is 0 Å². The van der Waals surface area contributed by atoms with Crippen LogP contribution in [-0.2, 0) is 9.30 Å². The molecular formula is C5H8Cl3O2P. The predicted octanol–water partition coefficient (Wildman–Crippen LogP) is 4.12. The largest absolute Gasteiger partial charge is 0.486 e. The maximum atomic E-state index is 11.1. The molecule has 0 aromatic rings. The fourth-order valence-corrected chi connectivity index (χ4v) is 3.14. The third kappa shape index (κ3) is 3.71. The highest BCUT2D eigenvalue weighted by Gasteiger charge is 2.23. The minimum Gasteiger partial charge on any atom is -0.486 e. The molecule has 0 aromatic carbocycles. The van der Waals surface area contributed by atoms with Gasteiger partial charge in [-0.15, -0.1) is 0 Å². The standard InChI is InChI=1S/C5H8Cl3O2P/c1-3-4(5(6)10-2)11(7,8)9/h3H2,1-2H3/b5-4-. The summed E-state index contributed by atoms with van der Waals surface area (Å²) in [6.45, 7) is 1.74. The second kappa shape index (κ2) is 4.61. The lowest BCUT2D eigenvalue weighted by Gasteiger charge is -2.07. The van der Waals surface area contributed by atoms with Crippen LogP contribution in [0.5, 0.6) is 0 Å². The van der Waals surface area contributed by atoms with Gasteiger partial charge in [0.2, 0.25) is 0 Å². The zero-order chi connectivity index (χ0) is 9.07. The van der Waals surface area contributed by atoms with Crippen LogP contribution in [0.2, 0.25) is 0 Å². The van der Waals surface area contributed by atoms with E-state index in [9.17, 15) is 4.57 Å². The number of allylic oxidation sites excluding steroid dienone is 1. The molecule has 0 saturated heterocycles. The lowest BCUT2D eigenvalue weighted by atomic mass is 10.5. The Morgan fingerprint density at radius 2 is 2.00 bits per heavy atom. The summed E-state index contributed by atoms with van der Waals surface area (Å²) >= 11 is 16.3. The van der Waals surface area contributed by atoms with E-state index in [-0.39, 0.29) is 10.5 Å². The van der Waals surface area contributed by atoms with Gasteiger partial charge in [-0.1, -0.05) is 6.92 Å². The Labute approximate surface area is 80.4 Å². The predicted molar refractivity (Wildman–Crippen MR) is 49.5 cm³/mol. The van der Waals surface area contributed by atoms with Crippen molar-refractivity contribution in [3.8, 4) is 0 Å². The van der Waals surface area contributed by atoms with Crippen molar-refractivity contribution in [1.82, 2.24) is 0 Å². The summed E-state index contributed by atoms with van der Waals surface area (Å²) in [7, 11) is 1.36. The molecule has 0 spiro atoms. The average Bonchev–Trinajstić information content (AvgIpc) is 1.86. The molecule has 0 aliphatic heterocycles. The highest BCUT2D eigenvalue weighted by Crippen LogP contribution is 2.65. The van der Waals surface area contributed by atoms with Crippen LogP contribution in [0.25, 0.3) is 0 Å². The van der Waals surface area contributed by atoms with E-state index in [2.05, 4.69) is 4.74 Å². The van der Waals surface area contributed by atoms with Gasteiger partial charge in [0.1, 0.15) is 0 Å². The fourth-order valence-electron chi connectivity index (χ4n) is 0.543. The van der Waals surface area contributed by atoms with Gasteiger partial charge >= 0.3 is 0 Å². The fraction of sp³-hybridized carbons (Fsp3) is 0.600. The number of hydrogen-bond acceptors (Lipinski definition) is 2. The Hall–Kier alpha value is 0.640. The quantitative estimate of drug-likeness (QED) is 0.545. The summed E-state index contributed by atoms with van der Waals surface area (Å²) in [6.07, 6.45) is 0.414. The molecular weight excluding hydrogens is 229 g/mol. The molecule has 0 unspecified atom stereocenters. The first kappa shape index (κ1) is 11.6. The molecule has 0 heterocycles. The van der Waals surface area contributed by atoms with E-state index in [1.165, 1.54) is 7.11 Å². The van der Waals surface area contributed by atoms with Crippen molar-refractivity contribution in [2.24, 2.45) is 0 Å². The SMILES string of the molecule is CC/C(=C(\Cl)OC)P(=O)(Cl)Cl. The maximum absolute atomic E-state index is 11.1. The van der Waals surface area contributed by atoms with Gasteiger partial charge in [-0.2, -0.15) is 0 Å². The van der Waals surface area contributed by atoms with Crippen molar-refractivity contribution < 1.29 is 9.30 Å². The Bertz CT molecular complexity index is 208. The van der Waals surface area contributed by atoms with Crippen molar-refractivity contribution >= 4 is 39.9 Å². The molecule has 11 heavy (non-hydrogen) atoms. The number of hydrogen-bond donors (Lipinski definition) is 0. The molecule has 0 rings (SSSR count). The van der Waals surface area contributed by atoms with E-state index < -0.39 is 5.85 Å². The van der Waals surface area contributed by atoms with E-state index in [4.69, 9.17) is 34.1 Å². The highest BCUT2D eigenvalue weighted by atomic mass is 35.9.